The van der Waals surface area contributed by atoms with Crippen LogP contribution in [0.15, 0.2) is 35.1 Å². The first-order chi connectivity index (χ1) is 8.08. The van der Waals surface area contributed by atoms with Gasteiger partial charge < -0.3 is 4.42 Å². The topological polar surface area (TPSA) is 60.1 Å². The molecule has 0 aliphatic carbocycles. The largest absolute Gasteiger partial charge is 0.452 e. The summed E-state index contributed by atoms with van der Waals surface area (Å²) in [5.74, 6) is -2.13. The molecule has 0 unspecified atom stereocenters. The summed E-state index contributed by atoms with van der Waals surface area (Å²) in [6.45, 7) is -0.162. The number of halogens is 2. The number of rotatable bonds is 3. The Labute approximate surface area is 95.3 Å². The Morgan fingerprint density at radius 1 is 1.41 bits per heavy atom. The van der Waals surface area contributed by atoms with Gasteiger partial charge in [0.05, 0.1) is 5.56 Å². The first-order valence-corrected chi connectivity index (χ1v) is 4.78. The van der Waals surface area contributed by atoms with E-state index in [-0.39, 0.29) is 18.1 Å². The van der Waals surface area contributed by atoms with E-state index in [1.54, 1.807) is 0 Å². The first kappa shape index (κ1) is 11.3. The summed E-state index contributed by atoms with van der Waals surface area (Å²) in [4.78, 5) is 11.7. The Kier molecular flexibility index (Phi) is 2.86. The van der Waals surface area contributed by atoms with Crippen molar-refractivity contribution in [3.8, 4) is 0 Å². The molecule has 0 amide bonds. The third kappa shape index (κ3) is 2.30. The predicted octanol–water partition coefficient (Wildman–Crippen LogP) is 1.31. The SMILES string of the molecule is Nc1occ[n+]1CC(=O)c1ccc(F)cc1F. The molecule has 2 aromatic rings. The molecule has 2 rings (SSSR count). The molecule has 0 fully saturated rings. The van der Waals surface area contributed by atoms with Crippen LogP contribution in [-0.4, -0.2) is 5.78 Å². The van der Waals surface area contributed by atoms with Crippen molar-refractivity contribution in [2.24, 2.45) is 0 Å². The van der Waals surface area contributed by atoms with Crippen LogP contribution in [0.3, 0.4) is 0 Å². The summed E-state index contributed by atoms with van der Waals surface area (Å²) >= 11 is 0. The molecule has 1 aromatic heterocycles. The highest BCUT2D eigenvalue weighted by Crippen LogP contribution is 2.10. The van der Waals surface area contributed by atoms with Crippen molar-refractivity contribution < 1.29 is 22.6 Å². The van der Waals surface area contributed by atoms with Gasteiger partial charge in [0.1, 0.15) is 24.1 Å². The average molecular weight is 239 g/mol. The van der Waals surface area contributed by atoms with Crippen LogP contribution in [0.5, 0.6) is 0 Å². The van der Waals surface area contributed by atoms with Crippen molar-refractivity contribution in [1.29, 1.82) is 0 Å². The minimum absolute atomic E-state index is 0.0425. The number of carbonyl (C=O) groups is 1. The van der Waals surface area contributed by atoms with Gasteiger partial charge in [-0.1, -0.05) is 0 Å². The number of ketones is 1. The number of oxazole rings is 1. The molecule has 0 atom stereocenters. The smallest absolute Gasteiger partial charge is 0.396 e. The molecule has 0 saturated heterocycles. The lowest BCUT2D eigenvalue weighted by molar-refractivity contribution is -0.670. The number of anilines is 1. The Balaban J connectivity index is 2.23. The second-order valence-electron chi connectivity index (χ2n) is 3.42. The number of aromatic nitrogens is 1. The molecule has 0 aliphatic rings. The van der Waals surface area contributed by atoms with Gasteiger partial charge in [0.15, 0.2) is 6.54 Å². The fraction of sp³-hybridized carbons (Fsp3) is 0.0909. The van der Waals surface area contributed by atoms with Crippen molar-refractivity contribution in [3.63, 3.8) is 0 Å². The maximum Gasteiger partial charge on any atom is 0.452 e. The monoisotopic (exact) mass is 239 g/mol. The second kappa shape index (κ2) is 4.32. The zero-order valence-electron chi connectivity index (χ0n) is 8.69. The molecule has 4 nitrogen and oxygen atoms in total. The third-order valence-corrected chi connectivity index (χ3v) is 2.26. The van der Waals surface area contributed by atoms with Crippen molar-refractivity contribution in [1.82, 2.24) is 0 Å². The van der Waals surface area contributed by atoms with Crippen LogP contribution in [0, 0.1) is 11.6 Å². The van der Waals surface area contributed by atoms with Crippen LogP contribution >= 0.6 is 0 Å². The minimum Gasteiger partial charge on any atom is -0.396 e. The Bertz CT molecular complexity index is 566. The zero-order chi connectivity index (χ0) is 12.4. The molecule has 1 aromatic carbocycles. The number of carbonyl (C=O) groups excluding carboxylic acids is 1. The molecule has 0 aliphatic heterocycles. The van der Waals surface area contributed by atoms with Crippen LogP contribution in [0.4, 0.5) is 14.8 Å². The van der Waals surface area contributed by atoms with Gasteiger partial charge in [-0.3, -0.25) is 10.5 Å². The van der Waals surface area contributed by atoms with Crippen LogP contribution < -0.4 is 10.3 Å². The molecule has 2 N–H and O–H groups in total. The van der Waals surface area contributed by atoms with E-state index in [9.17, 15) is 13.6 Å². The van der Waals surface area contributed by atoms with Gasteiger partial charge >= 0.3 is 6.01 Å². The first-order valence-electron chi connectivity index (χ1n) is 4.78. The van der Waals surface area contributed by atoms with Crippen LogP contribution in [0.1, 0.15) is 10.4 Å². The van der Waals surface area contributed by atoms with Crippen LogP contribution in [0.25, 0.3) is 0 Å². The van der Waals surface area contributed by atoms with E-state index in [0.717, 1.165) is 12.1 Å². The molecular formula is C11H9F2N2O2+. The van der Waals surface area contributed by atoms with Gasteiger partial charge in [0, 0.05) is 6.07 Å². The van der Waals surface area contributed by atoms with Gasteiger partial charge in [-0.25, -0.2) is 8.78 Å². The molecule has 17 heavy (non-hydrogen) atoms. The summed E-state index contributed by atoms with van der Waals surface area (Å²) in [6, 6.07) is 2.83. The van der Waals surface area contributed by atoms with E-state index in [0.29, 0.717) is 6.07 Å². The highest BCUT2D eigenvalue weighted by molar-refractivity contribution is 5.95. The molecule has 0 radical (unpaired) electrons. The molecule has 88 valence electrons. The maximum atomic E-state index is 13.3. The predicted molar refractivity (Wildman–Crippen MR) is 54.0 cm³/mol. The van der Waals surface area contributed by atoms with Gasteiger partial charge in [0.25, 0.3) is 0 Å². The standard InChI is InChI=1S/C11H8F2N2O2/c12-7-1-2-8(9(13)5-7)10(16)6-15-3-4-17-11(15)14/h1-5,14H,6H2/p+1. The number of nitrogen functional groups attached to an aromatic ring is 1. The number of nitrogens with zero attached hydrogens (tertiary/aromatic N) is 1. The van der Waals surface area contributed by atoms with Crippen LogP contribution in [0.2, 0.25) is 0 Å². The molecule has 0 saturated carbocycles. The maximum absolute atomic E-state index is 13.3. The van der Waals surface area contributed by atoms with Gasteiger partial charge in [-0.15, -0.1) is 0 Å². The lowest BCUT2D eigenvalue weighted by atomic mass is 10.1. The highest BCUT2D eigenvalue weighted by atomic mass is 19.1. The third-order valence-electron chi connectivity index (χ3n) is 2.26. The highest BCUT2D eigenvalue weighted by Gasteiger charge is 2.17. The number of hydrogen-bond donors (Lipinski definition) is 1. The molecule has 0 bridgehead atoms. The summed E-state index contributed by atoms with van der Waals surface area (Å²) in [7, 11) is 0. The van der Waals surface area contributed by atoms with Crippen molar-refractivity contribution in [3.05, 3.63) is 47.9 Å². The Morgan fingerprint density at radius 2 is 2.18 bits per heavy atom. The van der Waals surface area contributed by atoms with Gasteiger partial charge in [0.2, 0.25) is 5.78 Å². The summed E-state index contributed by atoms with van der Waals surface area (Å²) in [5, 5.41) is 0. The molecule has 0 spiro atoms. The second-order valence-corrected chi connectivity index (χ2v) is 3.42. The number of nitrogens with two attached hydrogens (primary N) is 1. The van der Waals surface area contributed by atoms with E-state index in [1.165, 1.54) is 17.0 Å². The van der Waals surface area contributed by atoms with Crippen LogP contribution in [-0.2, 0) is 6.54 Å². The molecule has 6 heteroatoms. The van der Waals surface area contributed by atoms with Gasteiger partial charge in [-0.05, 0) is 12.1 Å². The van der Waals surface area contributed by atoms with Crippen molar-refractivity contribution in [2.45, 2.75) is 6.54 Å². The lowest BCUT2D eigenvalue weighted by Crippen LogP contribution is -2.38. The van der Waals surface area contributed by atoms with E-state index in [2.05, 4.69) is 0 Å². The normalized spacial score (nSPS) is 10.5. The zero-order valence-corrected chi connectivity index (χ0v) is 8.69. The van der Waals surface area contributed by atoms with E-state index >= 15 is 0 Å². The van der Waals surface area contributed by atoms with E-state index < -0.39 is 17.4 Å². The summed E-state index contributed by atoms with van der Waals surface area (Å²) < 4.78 is 32.1. The van der Waals surface area contributed by atoms with E-state index in [4.69, 9.17) is 10.2 Å². The number of hydrogen-bond acceptors (Lipinski definition) is 3. The van der Waals surface area contributed by atoms with Crippen molar-refractivity contribution >= 4 is 11.8 Å². The van der Waals surface area contributed by atoms with E-state index in [1.807, 2.05) is 0 Å². The number of Topliss-reactive ketones (excluding diaryl/α,β-unsaturated/α-hetero) is 1. The number of benzene rings is 1. The molecule has 1 heterocycles. The Morgan fingerprint density at radius 3 is 2.76 bits per heavy atom. The fourth-order valence-electron chi connectivity index (χ4n) is 1.40. The Hall–Kier alpha value is -2.24. The summed E-state index contributed by atoms with van der Waals surface area (Å²) in [6.07, 6.45) is 2.76. The molecular weight excluding hydrogens is 230 g/mol. The fourth-order valence-corrected chi connectivity index (χ4v) is 1.40. The van der Waals surface area contributed by atoms with Gasteiger partial charge in [-0.2, -0.15) is 4.57 Å². The quantitative estimate of drug-likeness (QED) is 0.649. The lowest BCUT2D eigenvalue weighted by Gasteiger charge is -2.00. The van der Waals surface area contributed by atoms with Crippen molar-refractivity contribution in [2.75, 3.05) is 5.73 Å². The summed E-state index contributed by atoms with van der Waals surface area (Å²) in [5.41, 5.74) is 5.24. The minimum atomic E-state index is -0.891. The average Bonchev–Trinajstić information content (AvgIpc) is 2.64.